The van der Waals surface area contributed by atoms with E-state index in [4.69, 9.17) is 14.6 Å². The van der Waals surface area contributed by atoms with Crippen molar-refractivity contribution in [3.8, 4) is 0 Å². The van der Waals surface area contributed by atoms with E-state index in [9.17, 15) is 4.79 Å². The number of aliphatic hydroxyl groups is 1. The summed E-state index contributed by atoms with van der Waals surface area (Å²) in [6, 6.07) is 0. The molecule has 0 unspecified atom stereocenters. The van der Waals surface area contributed by atoms with Crippen LogP contribution >= 0.6 is 0 Å². The number of carbonyl (C=O) groups excluding carboxylic acids is 1. The van der Waals surface area contributed by atoms with Crippen molar-refractivity contribution in [1.82, 2.24) is 0 Å². The second-order valence-electron chi connectivity index (χ2n) is 9.97. The standard InChI is InChI=1S/C24H36O4/c1-23-10-8-18(27-3)14-16(23)4-6-19-20-7-5-17(15-22(26)28-13-12-25)24(20,2)11-9-21(19)23/h4,14,17,19-21,25H,5-13,15H2,1-3H3/t17-,19-,20-,21-,23-,24+/m0/s1. The zero-order chi connectivity index (χ0) is 19.9. The van der Waals surface area contributed by atoms with E-state index in [0.717, 1.165) is 30.4 Å². The molecule has 2 fully saturated rings. The minimum absolute atomic E-state index is 0.0907. The summed E-state index contributed by atoms with van der Waals surface area (Å²) in [5.41, 5.74) is 2.04. The van der Waals surface area contributed by atoms with Crippen LogP contribution in [0.4, 0.5) is 0 Å². The molecule has 0 aromatic heterocycles. The molecule has 156 valence electrons. The minimum Gasteiger partial charge on any atom is -0.501 e. The summed E-state index contributed by atoms with van der Waals surface area (Å²) in [5.74, 6) is 3.62. The maximum atomic E-state index is 12.2. The van der Waals surface area contributed by atoms with Crippen LogP contribution in [-0.4, -0.2) is 31.4 Å². The second-order valence-corrected chi connectivity index (χ2v) is 9.97. The van der Waals surface area contributed by atoms with Gasteiger partial charge in [0, 0.05) is 12.8 Å². The highest BCUT2D eigenvalue weighted by Crippen LogP contribution is 2.66. The predicted molar refractivity (Wildman–Crippen MR) is 108 cm³/mol. The minimum atomic E-state index is -0.134. The van der Waals surface area contributed by atoms with E-state index in [1.54, 1.807) is 7.11 Å². The lowest BCUT2D eigenvalue weighted by Crippen LogP contribution is -2.49. The number of methoxy groups -OCH3 is 1. The van der Waals surface area contributed by atoms with Gasteiger partial charge in [0.2, 0.25) is 0 Å². The maximum absolute atomic E-state index is 12.2. The summed E-state index contributed by atoms with van der Waals surface area (Å²) in [6.45, 7) is 4.96. The molecule has 0 aromatic rings. The van der Waals surface area contributed by atoms with Gasteiger partial charge in [-0.25, -0.2) is 0 Å². The molecule has 6 atom stereocenters. The molecule has 0 bridgehead atoms. The zero-order valence-electron chi connectivity index (χ0n) is 17.7. The SMILES string of the molecule is COC1=CC2=CC[C@H]3[C@@H]4CC[C@@H](CC(=O)OCCO)[C@@]4(C)CC[C@@H]3[C@@]2(C)CC1. The summed E-state index contributed by atoms with van der Waals surface area (Å²) in [5, 5.41) is 8.90. The van der Waals surface area contributed by atoms with Gasteiger partial charge >= 0.3 is 5.97 Å². The molecule has 4 aliphatic carbocycles. The van der Waals surface area contributed by atoms with E-state index in [1.807, 2.05) is 0 Å². The van der Waals surface area contributed by atoms with Crippen molar-refractivity contribution in [1.29, 1.82) is 0 Å². The molecule has 0 radical (unpaired) electrons. The van der Waals surface area contributed by atoms with Crippen LogP contribution in [0.2, 0.25) is 0 Å². The Morgan fingerprint density at radius 2 is 2.04 bits per heavy atom. The third-order valence-electron chi connectivity index (χ3n) is 8.96. The van der Waals surface area contributed by atoms with Crippen LogP contribution in [0.25, 0.3) is 0 Å². The third kappa shape index (κ3) is 3.12. The fourth-order valence-electron chi connectivity index (χ4n) is 7.32. The Bertz CT molecular complexity index is 680. The average molecular weight is 389 g/mol. The number of esters is 1. The number of ether oxygens (including phenoxy) is 2. The van der Waals surface area contributed by atoms with Crippen molar-refractivity contribution in [2.45, 2.75) is 65.2 Å². The maximum Gasteiger partial charge on any atom is 0.306 e. The first-order valence-corrected chi connectivity index (χ1v) is 11.1. The van der Waals surface area contributed by atoms with E-state index in [0.29, 0.717) is 18.3 Å². The average Bonchev–Trinajstić information content (AvgIpc) is 3.02. The number of allylic oxidation sites excluding steroid dienone is 4. The Morgan fingerprint density at radius 1 is 1.21 bits per heavy atom. The molecule has 4 heteroatoms. The van der Waals surface area contributed by atoms with Gasteiger partial charge in [-0.2, -0.15) is 0 Å². The lowest BCUT2D eigenvalue weighted by atomic mass is 9.48. The molecular formula is C24H36O4. The van der Waals surface area contributed by atoms with Gasteiger partial charge in [0.05, 0.1) is 19.5 Å². The third-order valence-corrected chi connectivity index (χ3v) is 8.96. The van der Waals surface area contributed by atoms with Crippen molar-refractivity contribution in [2.75, 3.05) is 20.3 Å². The highest BCUT2D eigenvalue weighted by atomic mass is 16.5. The van der Waals surface area contributed by atoms with Gasteiger partial charge in [0.15, 0.2) is 0 Å². The molecule has 4 aliphatic rings. The van der Waals surface area contributed by atoms with Crippen molar-refractivity contribution in [3.05, 3.63) is 23.5 Å². The summed E-state index contributed by atoms with van der Waals surface area (Å²) in [7, 11) is 1.79. The molecule has 0 saturated heterocycles. The number of rotatable bonds is 5. The highest BCUT2D eigenvalue weighted by Gasteiger charge is 2.58. The lowest BCUT2D eigenvalue weighted by Gasteiger charge is -2.57. The topological polar surface area (TPSA) is 55.8 Å². The van der Waals surface area contributed by atoms with Gasteiger partial charge in [-0.15, -0.1) is 0 Å². The van der Waals surface area contributed by atoms with E-state index < -0.39 is 0 Å². The van der Waals surface area contributed by atoms with Gasteiger partial charge < -0.3 is 14.6 Å². The number of hydrogen-bond donors (Lipinski definition) is 1. The molecule has 0 heterocycles. The van der Waals surface area contributed by atoms with Crippen LogP contribution in [0.1, 0.15) is 65.2 Å². The molecule has 28 heavy (non-hydrogen) atoms. The summed E-state index contributed by atoms with van der Waals surface area (Å²) in [4.78, 5) is 12.2. The molecule has 2 saturated carbocycles. The van der Waals surface area contributed by atoms with Crippen molar-refractivity contribution in [3.63, 3.8) is 0 Å². The smallest absolute Gasteiger partial charge is 0.306 e. The van der Waals surface area contributed by atoms with E-state index >= 15 is 0 Å². The molecule has 0 aliphatic heterocycles. The monoisotopic (exact) mass is 388 g/mol. The Labute approximate surface area is 169 Å². The van der Waals surface area contributed by atoms with Crippen LogP contribution in [0.15, 0.2) is 23.5 Å². The van der Waals surface area contributed by atoms with Crippen LogP contribution in [0.5, 0.6) is 0 Å². The first-order valence-electron chi connectivity index (χ1n) is 11.1. The van der Waals surface area contributed by atoms with Crippen LogP contribution < -0.4 is 0 Å². The number of fused-ring (bicyclic) bond motifs is 5. The van der Waals surface area contributed by atoms with E-state index in [-0.39, 0.29) is 30.0 Å². The summed E-state index contributed by atoms with van der Waals surface area (Å²) < 4.78 is 10.7. The van der Waals surface area contributed by atoms with Gasteiger partial charge in [-0.1, -0.05) is 19.9 Å². The fraction of sp³-hybridized carbons (Fsp3) is 0.792. The van der Waals surface area contributed by atoms with Crippen LogP contribution in [-0.2, 0) is 14.3 Å². The molecule has 4 rings (SSSR count). The normalized spacial score (nSPS) is 41.9. The van der Waals surface area contributed by atoms with Gasteiger partial charge in [-0.3, -0.25) is 4.79 Å². The first kappa shape index (κ1) is 20.0. The number of carbonyl (C=O) groups is 1. The Kier molecular flexibility index (Phi) is 5.37. The van der Waals surface area contributed by atoms with Crippen LogP contribution in [0, 0.1) is 34.5 Å². The lowest BCUT2D eigenvalue weighted by molar-refractivity contribution is -0.147. The zero-order valence-corrected chi connectivity index (χ0v) is 17.7. The Hall–Kier alpha value is -1.29. The van der Waals surface area contributed by atoms with Crippen molar-refractivity contribution in [2.24, 2.45) is 34.5 Å². The molecular weight excluding hydrogens is 352 g/mol. The largest absolute Gasteiger partial charge is 0.501 e. The molecule has 0 amide bonds. The molecule has 0 aromatic carbocycles. The predicted octanol–water partition coefficient (Wildman–Crippen LogP) is 4.63. The van der Waals surface area contributed by atoms with Crippen molar-refractivity contribution < 1.29 is 19.4 Å². The van der Waals surface area contributed by atoms with Crippen LogP contribution in [0.3, 0.4) is 0 Å². The first-order chi connectivity index (χ1) is 13.4. The van der Waals surface area contributed by atoms with E-state index in [2.05, 4.69) is 26.0 Å². The van der Waals surface area contributed by atoms with Gasteiger partial charge in [-0.05, 0) is 84.7 Å². The fourth-order valence-corrected chi connectivity index (χ4v) is 7.32. The van der Waals surface area contributed by atoms with Crippen molar-refractivity contribution >= 4 is 5.97 Å². The molecule has 0 spiro atoms. The summed E-state index contributed by atoms with van der Waals surface area (Å²) >= 11 is 0. The molecule has 1 N–H and O–H groups in total. The van der Waals surface area contributed by atoms with E-state index in [1.165, 1.54) is 37.7 Å². The second kappa shape index (κ2) is 7.51. The summed E-state index contributed by atoms with van der Waals surface area (Å²) in [6.07, 6.45) is 13.6. The number of aliphatic hydroxyl groups excluding tert-OH is 1. The quantitative estimate of drug-likeness (QED) is 0.698. The van der Waals surface area contributed by atoms with Gasteiger partial charge in [0.25, 0.3) is 0 Å². The number of hydrogen-bond acceptors (Lipinski definition) is 4. The Morgan fingerprint density at radius 3 is 2.79 bits per heavy atom. The highest BCUT2D eigenvalue weighted by molar-refractivity contribution is 5.69. The van der Waals surface area contributed by atoms with Gasteiger partial charge in [0.1, 0.15) is 6.61 Å². The Balaban J connectivity index is 1.53. The molecule has 4 nitrogen and oxygen atoms in total.